The van der Waals surface area contributed by atoms with E-state index in [1.54, 1.807) is 12.1 Å². The fraction of sp³-hybridized carbons (Fsp3) is 0.273. The van der Waals surface area contributed by atoms with Crippen LogP contribution < -0.4 is 10.6 Å². The molecule has 30 heavy (non-hydrogen) atoms. The predicted octanol–water partition coefficient (Wildman–Crippen LogP) is 4.71. The van der Waals surface area contributed by atoms with Crippen molar-refractivity contribution < 1.29 is 14.7 Å². The van der Waals surface area contributed by atoms with Crippen LogP contribution in [-0.2, 0) is 22.4 Å². The Labute approximate surface area is 179 Å². The van der Waals surface area contributed by atoms with E-state index in [1.165, 1.54) is 18.3 Å². The van der Waals surface area contributed by atoms with Gasteiger partial charge in [0, 0.05) is 23.9 Å². The molecule has 0 unspecified atom stereocenters. The summed E-state index contributed by atoms with van der Waals surface area (Å²) in [4.78, 5) is 32.6. The number of hydrogen-bond acceptors (Lipinski definition) is 6. The molecule has 1 amide bonds. The van der Waals surface area contributed by atoms with Crippen molar-refractivity contribution in [1.29, 1.82) is 0 Å². The number of carbonyl (C=O) groups is 2. The zero-order valence-corrected chi connectivity index (χ0v) is 18.2. The smallest absolute Gasteiger partial charge is 0.307 e. The van der Waals surface area contributed by atoms with Crippen LogP contribution in [0.15, 0.2) is 30.3 Å². The molecule has 0 bridgehead atoms. The van der Waals surface area contributed by atoms with E-state index in [9.17, 15) is 9.59 Å². The number of carbonyl (C=O) groups excluding carboxylic acids is 1. The first-order chi connectivity index (χ1) is 14.3. The van der Waals surface area contributed by atoms with Crippen molar-refractivity contribution in [3.05, 3.63) is 52.7 Å². The summed E-state index contributed by atoms with van der Waals surface area (Å²) >= 11 is 1.45. The van der Waals surface area contributed by atoms with Gasteiger partial charge in [-0.1, -0.05) is 19.1 Å². The number of carboxylic acid groups (broad SMARTS) is 1. The highest BCUT2D eigenvalue weighted by molar-refractivity contribution is 7.19. The summed E-state index contributed by atoms with van der Waals surface area (Å²) in [5.41, 5.74) is 4.44. The SMILES string of the molecule is CCc1c(C)nc(-c2cc(C)c(NC(C)=O)s2)nc1Nc1ccc(CC(=O)O)cc1. The number of nitrogens with one attached hydrogen (secondary N) is 2. The van der Waals surface area contributed by atoms with Crippen molar-refractivity contribution in [2.24, 2.45) is 0 Å². The molecular weight excluding hydrogens is 400 g/mol. The minimum atomic E-state index is -0.857. The van der Waals surface area contributed by atoms with Crippen LogP contribution in [0.4, 0.5) is 16.5 Å². The Morgan fingerprint density at radius 2 is 1.83 bits per heavy atom. The number of rotatable bonds is 7. The molecule has 3 aromatic rings. The van der Waals surface area contributed by atoms with Gasteiger partial charge in [0.05, 0.1) is 16.3 Å². The Morgan fingerprint density at radius 1 is 1.13 bits per heavy atom. The molecule has 3 rings (SSSR count). The van der Waals surface area contributed by atoms with E-state index in [0.29, 0.717) is 5.82 Å². The van der Waals surface area contributed by atoms with Crippen LogP contribution in [0.1, 0.15) is 36.2 Å². The topological polar surface area (TPSA) is 104 Å². The highest BCUT2D eigenvalue weighted by atomic mass is 32.1. The minimum Gasteiger partial charge on any atom is -0.481 e. The first-order valence-corrected chi connectivity index (χ1v) is 10.4. The number of carboxylic acids is 1. The maximum Gasteiger partial charge on any atom is 0.307 e. The highest BCUT2D eigenvalue weighted by Gasteiger charge is 2.16. The van der Waals surface area contributed by atoms with Gasteiger partial charge in [0.1, 0.15) is 5.82 Å². The Bertz CT molecular complexity index is 1090. The molecule has 8 heteroatoms. The van der Waals surface area contributed by atoms with E-state index in [0.717, 1.165) is 50.2 Å². The molecule has 156 valence electrons. The van der Waals surface area contributed by atoms with Crippen molar-refractivity contribution in [3.63, 3.8) is 0 Å². The number of hydrogen-bond donors (Lipinski definition) is 3. The number of aromatic nitrogens is 2. The van der Waals surface area contributed by atoms with Gasteiger partial charge in [0.15, 0.2) is 5.82 Å². The van der Waals surface area contributed by atoms with Gasteiger partial charge in [0.25, 0.3) is 0 Å². The molecular formula is C22H24N4O3S. The molecule has 0 atom stereocenters. The summed E-state index contributed by atoms with van der Waals surface area (Å²) in [6, 6.07) is 9.25. The maximum absolute atomic E-state index is 11.4. The second-order valence-corrected chi connectivity index (χ2v) is 8.06. The van der Waals surface area contributed by atoms with Crippen LogP contribution >= 0.6 is 11.3 Å². The number of amides is 1. The van der Waals surface area contributed by atoms with Gasteiger partial charge in [-0.3, -0.25) is 9.59 Å². The minimum absolute atomic E-state index is 0.00832. The van der Waals surface area contributed by atoms with Gasteiger partial charge < -0.3 is 15.7 Å². The lowest BCUT2D eigenvalue weighted by molar-refractivity contribution is -0.136. The van der Waals surface area contributed by atoms with Crippen LogP contribution in [0.5, 0.6) is 0 Å². The monoisotopic (exact) mass is 424 g/mol. The summed E-state index contributed by atoms with van der Waals surface area (Å²) in [7, 11) is 0. The molecule has 0 aliphatic rings. The van der Waals surface area contributed by atoms with Crippen LogP contribution in [0, 0.1) is 13.8 Å². The summed E-state index contributed by atoms with van der Waals surface area (Å²) in [5, 5.41) is 15.9. The first-order valence-electron chi connectivity index (χ1n) is 9.60. The number of aryl methyl sites for hydroxylation is 2. The highest BCUT2D eigenvalue weighted by Crippen LogP contribution is 2.35. The Kier molecular flexibility index (Phi) is 6.47. The van der Waals surface area contributed by atoms with Crippen LogP contribution in [0.25, 0.3) is 10.7 Å². The standard InChI is InChI=1S/C22H24N4O3S/c1-5-17-13(3)23-21(18-10-12(2)22(30-18)24-14(4)27)26-20(17)25-16-8-6-15(7-9-16)11-19(28)29/h6-10H,5,11H2,1-4H3,(H,24,27)(H,28,29)(H,23,25,26). The summed E-state index contributed by atoms with van der Waals surface area (Å²) in [6.45, 7) is 7.44. The van der Waals surface area contributed by atoms with Crippen LogP contribution in [0.3, 0.4) is 0 Å². The molecule has 0 aliphatic heterocycles. The van der Waals surface area contributed by atoms with E-state index < -0.39 is 5.97 Å². The van der Waals surface area contributed by atoms with Crippen molar-refractivity contribution in [3.8, 4) is 10.7 Å². The number of thiophene rings is 1. The van der Waals surface area contributed by atoms with Crippen molar-refractivity contribution >= 4 is 39.7 Å². The van der Waals surface area contributed by atoms with E-state index in [1.807, 2.05) is 32.0 Å². The third kappa shape index (κ3) is 5.01. The quantitative estimate of drug-likeness (QED) is 0.507. The van der Waals surface area contributed by atoms with Gasteiger partial charge in [-0.05, 0) is 49.6 Å². The lowest BCUT2D eigenvalue weighted by Crippen LogP contribution is -2.05. The number of benzene rings is 1. The maximum atomic E-state index is 11.4. The Morgan fingerprint density at radius 3 is 2.43 bits per heavy atom. The Balaban J connectivity index is 1.94. The number of nitrogens with zero attached hydrogens (tertiary/aromatic N) is 2. The van der Waals surface area contributed by atoms with Gasteiger partial charge >= 0.3 is 5.97 Å². The third-order valence-electron chi connectivity index (χ3n) is 4.57. The molecule has 0 fully saturated rings. The lowest BCUT2D eigenvalue weighted by atomic mass is 10.1. The van der Waals surface area contributed by atoms with E-state index in [4.69, 9.17) is 10.1 Å². The zero-order valence-electron chi connectivity index (χ0n) is 17.4. The van der Waals surface area contributed by atoms with Gasteiger partial charge in [-0.15, -0.1) is 11.3 Å². The number of anilines is 3. The van der Waals surface area contributed by atoms with Gasteiger partial charge in [-0.2, -0.15) is 0 Å². The second kappa shape index (κ2) is 9.04. The van der Waals surface area contributed by atoms with E-state index in [-0.39, 0.29) is 12.3 Å². The molecule has 0 saturated heterocycles. The summed E-state index contributed by atoms with van der Waals surface area (Å²) < 4.78 is 0. The normalized spacial score (nSPS) is 10.7. The summed E-state index contributed by atoms with van der Waals surface area (Å²) in [6.07, 6.45) is 0.762. The van der Waals surface area contributed by atoms with Crippen molar-refractivity contribution in [1.82, 2.24) is 9.97 Å². The van der Waals surface area contributed by atoms with Crippen molar-refractivity contribution in [2.75, 3.05) is 10.6 Å². The largest absolute Gasteiger partial charge is 0.481 e. The summed E-state index contributed by atoms with van der Waals surface area (Å²) in [5.74, 6) is 0.348. The molecule has 2 aromatic heterocycles. The van der Waals surface area contributed by atoms with Crippen LogP contribution in [-0.4, -0.2) is 27.0 Å². The van der Waals surface area contributed by atoms with Gasteiger partial charge in [-0.25, -0.2) is 9.97 Å². The number of aliphatic carboxylic acids is 1. The third-order valence-corrected chi connectivity index (χ3v) is 5.72. The van der Waals surface area contributed by atoms with E-state index in [2.05, 4.69) is 22.5 Å². The molecule has 3 N–H and O–H groups in total. The molecule has 0 spiro atoms. The molecule has 0 aliphatic carbocycles. The lowest BCUT2D eigenvalue weighted by Gasteiger charge is -2.14. The fourth-order valence-electron chi connectivity index (χ4n) is 3.13. The average molecular weight is 425 g/mol. The van der Waals surface area contributed by atoms with E-state index >= 15 is 0 Å². The fourth-order valence-corrected chi connectivity index (χ4v) is 4.18. The predicted molar refractivity (Wildman–Crippen MR) is 120 cm³/mol. The van der Waals surface area contributed by atoms with Crippen molar-refractivity contribution in [2.45, 2.75) is 40.5 Å². The average Bonchev–Trinajstić information content (AvgIpc) is 3.02. The first kappa shape index (κ1) is 21.4. The second-order valence-electron chi connectivity index (χ2n) is 7.01. The zero-order chi connectivity index (χ0) is 21.8. The molecule has 1 aromatic carbocycles. The molecule has 0 radical (unpaired) electrons. The van der Waals surface area contributed by atoms with Crippen LogP contribution in [0.2, 0.25) is 0 Å². The molecule has 0 saturated carbocycles. The molecule has 2 heterocycles. The molecule has 7 nitrogen and oxygen atoms in total. The van der Waals surface area contributed by atoms with Gasteiger partial charge in [0.2, 0.25) is 5.91 Å². The Hall–Kier alpha value is -3.26.